The number of anilines is 2. The van der Waals surface area contributed by atoms with E-state index in [0.29, 0.717) is 18.8 Å². The van der Waals surface area contributed by atoms with Gasteiger partial charge in [-0.3, -0.25) is 0 Å². The third-order valence-corrected chi connectivity index (χ3v) is 4.36. The van der Waals surface area contributed by atoms with Crippen LogP contribution in [0.4, 0.5) is 20.6 Å². The number of carbonyl (C=O) groups excluding carboxylic acids is 1. The topological polar surface area (TPSA) is 54.0 Å². The van der Waals surface area contributed by atoms with Gasteiger partial charge in [-0.05, 0) is 30.3 Å². The first-order valence-corrected chi connectivity index (χ1v) is 8.15. The first kappa shape index (κ1) is 15.6. The molecule has 2 amide bonds. The van der Waals surface area contributed by atoms with Crippen molar-refractivity contribution in [2.75, 3.05) is 43.2 Å². The monoisotopic (exact) mass is 343 g/mol. The van der Waals surface area contributed by atoms with Gasteiger partial charge in [0.25, 0.3) is 0 Å². The first-order chi connectivity index (χ1) is 12.2. The minimum absolute atomic E-state index is 0.212. The molecule has 2 aliphatic rings. The zero-order valence-corrected chi connectivity index (χ0v) is 13.6. The third-order valence-electron chi connectivity index (χ3n) is 4.36. The second kappa shape index (κ2) is 6.51. The van der Waals surface area contributed by atoms with Crippen molar-refractivity contribution in [1.29, 1.82) is 0 Å². The van der Waals surface area contributed by atoms with Gasteiger partial charge in [-0.15, -0.1) is 0 Å². The van der Waals surface area contributed by atoms with E-state index in [1.807, 2.05) is 18.2 Å². The first-order valence-electron chi connectivity index (χ1n) is 8.15. The summed E-state index contributed by atoms with van der Waals surface area (Å²) in [7, 11) is 0. The van der Waals surface area contributed by atoms with E-state index >= 15 is 0 Å². The van der Waals surface area contributed by atoms with E-state index in [-0.39, 0.29) is 18.6 Å². The fraction of sp³-hybridized carbons (Fsp3) is 0.278. The molecule has 0 atom stereocenters. The van der Waals surface area contributed by atoms with Gasteiger partial charge in [-0.1, -0.05) is 6.07 Å². The van der Waals surface area contributed by atoms with Crippen molar-refractivity contribution in [2.24, 2.45) is 0 Å². The molecular weight excluding hydrogens is 325 g/mol. The quantitative estimate of drug-likeness (QED) is 0.911. The molecule has 0 spiro atoms. The Bertz CT molecular complexity index is 791. The number of nitrogens with one attached hydrogen (secondary N) is 1. The Hall–Kier alpha value is -2.96. The number of benzene rings is 2. The molecule has 6 nitrogen and oxygen atoms in total. The molecule has 2 aromatic rings. The normalized spacial score (nSPS) is 16.0. The summed E-state index contributed by atoms with van der Waals surface area (Å²) >= 11 is 0. The van der Waals surface area contributed by atoms with Crippen molar-refractivity contribution in [3.63, 3.8) is 0 Å². The molecule has 0 aliphatic carbocycles. The van der Waals surface area contributed by atoms with Crippen LogP contribution in [0, 0.1) is 5.82 Å². The SMILES string of the molecule is O=C(Nc1cccc(F)c1)N1CCN(c2ccc3c(c2)OCO3)CC1. The van der Waals surface area contributed by atoms with Gasteiger partial charge in [0, 0.05) is 43.6 Å². The lowest BCUT2D eigenvalue weighted by molar-refractivity contribution is 0.174. The maximum atomic E-state index is 13.2. The molecule has 130 valence electrons. The van der Waals surface area contributed by atoms with Gasteiger partial charge in [-0.2, -0.15) is 0 Å². The highest BCUT2D eigenvalue weighted by atomic mass is 19.1. The predicted molar refractivity (Wildman–Crippen MR) is 91.8 cm³/mol. The number of hydrogen-bond donors (Lipinski definition) is 1. The van der Waals surface area contributed by atoms with Crippen LogP contribution >= 0.6 is 0 Å². The molecule has 7 heteroatoms. The van der Waals surface area contributed by atoms with Crippen molar-refractivity contribution in [1.82, 2.24) is 4.90 Å². The van der Waals surface area contributed by atoms with Crippen molar-refractivity contribution >= 4 is 17.4 Å². The number of halogens is 1. The molecule has 25 heavy (non-hydrogen) atoms. The summed E-state index contributed by atoms with van der Waals surface area (Å²) in [5, 5.41) is 2.73. The molecule has 2 heterocycles. The minimum Gasteiger partial charge on any atom is -0.454 e. The smallest absolute Gasteiger partial charge is 0.321 e. The second-order valence-electron chi connectivity index (χ2n) is 5.95. The van der Waals surface area contributed by atoms with Crippen LogP contribution in [0.3, 0.4) is 0 Å². The minimum atomic E-state index is -0.370. The number of nitrogens with zero attached hydrogens (tertiary/aromatic N) is 2. The van der Waals surface area contributed by atoms with Crippen molar-refractivity contribution in [3.8, 4) is 11.5 Å². The van der Waals surface area contributed by atoms with Crippen LogP contribution < -0.4 is 19.7 Å². The predicted octanol–water partition coefficient (Wildman–Crippen LogP) is 2.91. The van der Waals surface area contributed by atoms with Crippen LogP contribution in [0.25, 0.3) is 0 Å². The molecule has 0 unspecified atom stereocenters. The van der Waals surface area contributed by atoms with Gasteiger partial charge in [0.1, 0.15) is 5.82 Å². The summed E-state index contributed by atoms with van der Waals surface area (Å²) in [6.07, 6.45) is 0. The molecule has 4 rings (SSSR count). The van der Waals surface area contributed by atoms with Crippen LogP contribution in [0.15, 0.2) is 42.5 Å². The molecule has 2 aromatic carbocycles. The maximum absolute atomic E-state index is 13.2. The lowest BCUT2D eigenvalue weighted by Gasteiger charge is -2.36. The lowest BCUT2D eigenvalue weighted by atomic mass is 10.2. The number of rotatable bonds is 2. The van der Waals surface area contributed by atoms with Gasteiger partial charge < -0.3 is 24.6 Å². The highest BCUT2D eigenvalue weighted by molar-refractivity contribution is 5.89. The largest absolute Gasteiger partial charge is 0.454 e. The van der Waals surface area contributed by atoms with Crippen molar-refractivity contribution in [3.05, 3.63) is 48.3 Å². The Kier molecular flexibility index (Phi) is 4.05. The number of hydrogen-bond acceptors (Lipinski definition) is 4. The van der Waals surface area contributed by atoms with Crippen molar-refractivity contribution < 1.29 is 18.7 Å². The van der Waals surface area contributed by atoms with E-state index in [4.69, 9.17) is 9.47 Å². The molecule has 2 aliphatic heterocycles. The van der Waals surface area contributed by atoms with E-state index in [2.05, 4.69) is 10.2 Å². The number of urea groups is 1. The zero-order chi connectivity index (χ0) is 17.2. The summed E-state index contributed by atoms with van der Waals surface area (Å²) in [4.78, 5) is 16.2. The van der Waals surface area contributed by atoms with Gasteiger partial charge in [0.05, 0.1) is 0 Å². The lowest BCUT2D eigenvalue weighted by Crippen LogP contribution is -2.50. The number of fused-ring (bicyclic) bond motifs is 1. The molecule has 0 aromatic heterocycles. The number of amides is 2. The van der Waals surface area contributed by atoms with Crippen LogP contribution in [0.1, 0.15) is 0 Å². The van der Waals surface area contributed by atoms with E-state index in [1.54, 1.807) is 17.0 Å². The average Bonchev–Trinajstić information content (AvgIpc) is 3.09. The molecule has 1 saturated heterocycles. The van der Waals surface area contributed by atoms with Gasteiger partial charge in [0.2, 0.25) is 6.79 Å². The highest BCUT2D eigenvalue weighted by Crippen LogP contribution is 2.35. The zero-order valence-electron chi connectivity index (χ0n) is 13.6. The summed E-state index contributed by atoms with van der Waals surface area (Å²) in [5.74, 6) is 1.14. The van der Waals surface area contributed by atoms with Gasteiger partial charge >= 0.3 is 6.03 Å². The molecule has 0 bridgehead atoms. The Morgan fingerprint density at radius 1 is 1.00 bits per heavy atom. The van der Waals surface area contributed by atoms with Crippen LogP contribution in [0.2, 0.25) is 0 Å². The Balaban J connectivity index is 1.35. The molecular formula is C18H18FN3O3. The van der Waals surface area contributed by atoms with E-state index in [0.717, 1.165) is 30.3 Å². The molecule has 1 fully saturated rings. The van der Waals surface area contributed by atoms with Gasteiger partial charge in [-0.25, -0.2) is 9.18 Å². The fourth-order valence-electron chi connectivity index (χ4n) is 3.02. The van der Waals surface area contributed by atoms with Crippen LogP contribution in [0.5, 0.6) is 11.5 Å². The third kappa shape index (κ3) is 3.31. The number of ether oxygens (including phenoxy) is 2. The Morgan fingerprint density at radius 3 is 2.60 bits per heavy atom. The summed E-state index contributed by atoms with van der Waals surface area (Å²) in [6, 6.07) is 11.5. The molecule has 1 N–H and O–H groups in total. The standard InChI is InChI=1S/C18H18FN3O3/c19-13-2-1-3-14(10-13)20-18(23)22-8-6-21(7-9-22)15-4-5-16-17(11-15)25-12-24-16/h1-5,10-11H,6-9,12H2,(H,20,23). The Morgan fingerprint density at radius 2 is 1.80 bits per heavy atom. The van der Waals surface area contributed by atoms with E-state index < -0.39 is 0 Å². The molecule has 0 radical (unpaired) electrons. The van der Waals surface area contributed by atoms with Gasteiger partial charge in [0.15, 0.2) is 11.5 Å². The average molecular weight is 343 g/mol. The molecule has 0 saturated carbocycles. The second-order valence-corrected chi connectivity index (χ2v) is 5.95. The fourth-order valence-corrected chi connectivity index (χ4v) is 3.02. The van der Waals surface area contributed by atoms with Crippen LogP contribution in [-0.2, 0) is 0 Å². The highest BCUT2D eigenvalue weighted by Gasteiger charge is 2.23. The maximum Gasteiger partial charge on any atom is 0.321 e. The van der Waals surface area contributed by atoms with E-state index in [1.165, 1.54) is 12.1 Å². The van der Waals surface area contributed by atoms with Crippen molar-refractivity contribution in [2.45, 2.75) is 0 Å². The number of piperazine rings is 1. The van der Waals surface area contributed by atoms with Crippen LogP contribution in [-0.4, -0.2) is 43.9 Å². The Labute approximate surface area is 144 Å². The number of carbonyl (C=O) groups is 1. The van der Waals surface area contributed by atoms with E-state index in [9.17, 15) is 9.18 Å². The summed E-state index contributed by atoms with van der Waals surface area (Å²) in [5.41, 5.74) is 1.51. The summed E-state index contributed by atoms with van der Waals surface area (Å²) < 4.78 is 23.9. The summed E-state index contributed by atoms with van der Waals surface area (Å²) in [6.45, 7) is 2.88.